The number of alkyl halides is 3. The van der Waals surface area contributed by atoms with Crippen molar-refractivity contribution in [2.45, 2.75) is 38.1 Å². The van der Waals surface area contributed by atoms with Crippen molar-refractivity contribution in [1.29, 1.82) is 0 Å². The lowest BCUT2D eigenvalue weighted by atomic mass is 10.1. The molecule has 1 aromatic rings. The fourth-order valence-electron chi connectivity index (χ4n) is 2.56. The monoisotopic (exact) mass is 331 g/mol. The Morgan fingerprint density at radius 1 is 1.22 bits per heavy atom. The predicted octanol–water partition coefficient (Wildman–Crippen LogP) is 3.16. The third kappa shape index (κ3) is 5.84. The lowest BCUT2D eigenvalue weighted by Gasteiger charge is -2.31. The van der Waals surface area contributed by atoms with E-state index < -0.39 is 17.7 Å². The Morgan fingerprint density at radius 2 is 1.83 bits per heavy atom. The molecule has 0 aliphatic carbocycles. The second kappa shape index (κ2) is 7.79. The van der Waals surface area contributed by atoms with Crippen LogP contribution in [0.15, 0.2) is 24.3 Å². The van der Waals surface area contributed by atoms with Crippen molar-refractivity contribution in [3.8, 4) is 0 Å². The molecule has 1 N–H and O–H groups in total. The number of piperidine rings is 1. The zero-order valence-electron chi connectivity index (χ0n) is 12.7. The maximum Gasteiger partial charge on any atom is 0.416 e. The maximum absolute atomic E-state index is 12.5. The van der Waals surface area contributed by atoms with Crippen molar-refractivity contribution in [3.63, 3.8) is 0 Å². The Bertz CT molecular complexity index is 508. The van der Waals surface area contributed by atoms with Crippen molar-refractivity contribution in [2.75, 3.05) is 19.6 Å². The van der Waals surface area contributed by atoms with Crippen LogP contribution in [0, 0.1) is 0 Å². The molecule has 0 amide bonds. The molecular weight excluding hydrogens is 311 g/mol. The summed E-state index contributed by atoms with van der Waals surface area (Å²) in [6.45, 7) is 2.40. The van der Waals surface area contributed by atoms with Crippen LogP contribution in [0.3, 0.4) is 0 Å². The number of rotatable bonds is 6. The molecule has 23 heavy (non-hydrogen) atoms. The molecule has 4 nitrogen and oxygen atoms in total. The van der Waals surface area contributed by atoms with Gasteiger partial charge in [-0.1, -0.05) is 12.1 Å². The third-order valence-electron chi connectivity index (χ3n) is 3.94. The molecule has 0 aromatic heterocycles. The number of hydrogen-bond donors (Lipinski definition) is 1. The summed E-state index contributed by atoms with van der Waals surface area (Å²) in [5.41, 5.74) is 0.0549. The first-order valence-corrected chi connectivity index (χ1v) is 7.56. The third-order valence-corrected chi connectivity index (χ3v) is 3.94. The van der Waals surface area contributed by atoms with Gasteiger partial charge < -0.3 is 14.7 Å². The largest absolute Gasteiger partial charge is 0.481 e. The molecule has 128 valence electrons. The van der Waals surface area contributed by atoms with E-state index in [1.807, 2.05) is 0 Å². The van der Waals surface area contributed by atoms with Crippen molar-refractivity contribution in [2.24, 2.45) is 0 Å². The van der Waals surface area contributed by atoms with Crippen molar-refractivity contribution >= 4 is 5.97 Å². The first kappa shape index (κ1) is 17.7. The van der Waals surface area contributed by atoms with Gasteiger partial charge in [0.2, 0.25) is 0 Å². The minimum atomic E-state index is -4.32. The fourth-order valence-corrected chi connectivity index (χ4v) is 2.56. The minimum Gasteiger partial charge on any atom is -0.481 e. The summed E-state index contributed by atoms with van der Waals surface area (Å²) >= 11 is 0. The molecular formula is C16H20F3NO3. The summed E-state index contributed by atoms with van der Waals surface area (Å²) in [5, 5.41) is 8.65. The van der Waals surface area contributed by atoms with Gasteiger partial charge in [0.15, 0.2) is 0 Å². The van der Waals surface area contributed by atoms with E-state index >= 15 is 0 Å². The average molecular weight is 331 g/mol. The Morgan fingerprint density at radius 3 is 2.35 bits per heavy atom. The average Bonchev–Trinajstić information content (AvgIpc) is 2.51. The number of hydrogen-bond acceptors (Lipinski definition) is 3. The normalized spacial score (nSPS) is 17.3. The topological polar surface area (TPSA) is 49.8 Å². The van der Waals surface area contributed by atoms with E-state index in [9.17, 15) is 18.0 Å². The van der Waals surface area contributed by atoms with E-state index in [1.165, 1.54) is 12.1 Å². The molecule has 0 unspecified atom stereocenters. The molecule has 0 radical (unpaired) electrons. The molecule has 0 atom stereocenters. The van der Waals surface area contributed by atoms with Crippen LogP contribution in [-0.4, -0.2) is 41.7 Å². The summed E-state index contributed by atoms with van der Waals surface area (Å²) in [6.07, 6.45) is -2.50. The van der Waals surface area contributed by atoms with Crippen LogP contribution in [0.4, 0.5) is 13.2 Å². The molecule has 1 heterocycles. The summed E-state index contributed by atoms with van der Waals surface area (Å²) in [5.74, 6) is -0.800. The Balaban J connectivity index is 1.72. The van der Waals surface area contributed by atoms with Crippen LogP contribution < -0.4 is 0 Å². The Hall–Kier alpha value is -1.60. The van der Waals surface area contributed by atoms with Crippen molar-refractivity contribution in [3.05, 3.63) is 35.4 Å². The number of benzene rings is 1. The summed E-state index contributed by atoms with van der Waals surface area (Å²) in [6, 6.07) is 5.00. The Kier molecular flexibility index (Phi) is 6.01. The molecule has 0 saturated carbocycles. The highest BCUT2D eigenvalue weighted by atomic mass is 19.4. The minimum absolute atomic E-state index is 0.0679. The van der Waals surface area contributed by atoms with Gasteiger partial charge in [0.25, 0.3) is 0 Å². The van der Waals surface area contributed by atoms with Crippen LogP contribution in [0.25, 0.3) is 0 Å². The molecule has 0 bridgehead atoms. The standard InChI is InChI=1S/C16H20F3NO3/c17-16(18,19)13-3-1-12(2-4-13)11-23-14-5-8-20(9-6-14)10-7-15(21)22/h1-4,14H,5-11H2,(H,21,22). The van der Waals surface area contributed by atoms with E-state index in [4.69, 9.17) is 9.84 Å². The summed E-state index contributed by atoms with van der Waals surface area (Å²) in [4.78, 5) is 12.6. The SMILES string of the molecule is O=C(O)CCN1CCC(OCc2ccc(C(F)(F)F)cc2)CC1. The number of nitrogens with zero attached hydrogens (tertiary/aromatic N) is 1. The van der Waals surface area contributed by atoms with Gasteiger partial charge in [-0.05, 0) is 30.5 Å². The van der Waals surface area contributed by atoms with Crippen molar-refractivity contribution < 1.29 is 27.8 Å². The summed E-state index contributed by atoms with van der Waals surface area (Å²) in [7, 11) is 0. The number of carboxylic acid groups (broad SMARTS) is 1. The van der Waals surface area contributed by atoms with Crippen molar-refractivity contribution in [1.82, 2.24) is 4.90 Å². The van der Waals surface area contributed by atoms with E-state index in [0.717, 1.165) is 38.1 Å². The number of carbonyl (C=O) groups is 1. The van der Waals surface area contributed by atoms with E-state index in [-0.39, 0.29) is 19.1 Å². The van der Waals surface area contributed by atoms with Gasteiger partial charge in [-0.15, -0.1) is 0 Å². The number of carboxylic acids is 1. The first-order chi connectivity index (χ1) is 10.8. The van der Waals surface area contributed by atoms with Gasteiger partial charge in [-0.2, -0.15) is 13.2 Å². The van der Waals surface area contributed by atoms with E-state index in [1.54, 1.807) is 0 Å². The molecule has 1 aliphatic heterocycles. The second-order valence-electron chi connectivity index (χ2n) is 5.69. The number of ether oxygens (including phenoxy) is 1. The fraction of sp³-hybridized carbons (Fsp3) is 0.562. The zero-order valence-corrected chi connectivity index (χ0v) is 12.7. The van der Waals surface area contributed by atoms with Gasteiger partial charge in [-0.25, -0.2) is 0 Å². The molecule has 7 heteroatoms. The molecule has 1 saturated heterocycles. The number of halogens is 3. The molecule has 0 spiro atoms. The number of likely N-dealkylation sites (tertiary alicyclic amines) is 1. The predicted molar refractivity (Wildman–Crippen MR) is 77.9 cm³/mol. The Labute approximate surface area is 132 Å². The maximum atomic E-state index is 12.5. The highest BCUT2D eigenvalue weighted by Crippen LogP contribution is 2.29. The molecule has 1 aromatic carbocycles. The van der Waals surface area contributed by atoms with Crippen LogP contribution >= 0.6 is 0 Å². The van der Waals surface area contributed by atoms with Gasteiger partial charge in [0.05, 0.1) is 24.7 Å². The number of aliphatic carboxylic acids is 1. The molecule has 2 rings (SSSR count). The highest BCUT2D eigenvalue weighted by molar-refractivity contribution is 5.66. The molecule has 1 aliphatic rings. The molecule has 1 fully saturated rings. The zero-order chi connectivity index (χ0) is 16.9. The van der Waals surface area contributed by atoms with Crippen LogP contribution in [0.5, 0.6) is 0 Å². The second-order valence-corrected chi connectivity index (χ2v) is 5.69. The van der Waals surface area contributed by atoms with Gasteiger partial charge in [-0.3, -0.25) is 4.79 Å². The highest BCUT2D eigenvalue weighted by Gasteiger charge is 2.30. The van der Waals surface area contributed by atoms with Gasteiger partial charge >= 0.3 is 12.1 Å². The van der Waals surface area contributed by atoms with E-state index in [2.05, 4.69) is 4.90 Å². The lowest BCUT2D eigenvalue weighted by molar-refractivity contribution is -0.138. The van der Waals surface area contributed by atoms with E-state index in [0.29, 0.717) is 12.1 Å². The van der Waals surface area contributed by atoms with Crippen LogP contribution in [-0.2, 0) is 22.3 Å². The quantitative estimate of drug-likeness (QED) is 0.870. The van der Waals surface area contributed by atoms with Crippen LogP contribution in [0.1, 0.15) is 30.4 Å². The van der Waals surface area contributed by atoms with Gasteiger partial charge in [0.1, 0.15) is 0 Å². The van der Waals surface area contributed by atoms with Gasteiger partial charge in [0, 0.05) is 19.6 Å². The smallest absolute Gasteiger partial charge is 0.416 e. The first-order valence-electron chi connectivity index (χ1n) is 7.56. The lowest BCUT2D eigenvalue weighted by Crippen LogP contribution is -2.38. The summed E-state index contributed by atoms with van der Waals surface area (Å²) < 4.78 is 43.2. The van der Waals surface area contributed by atoms with Crippen LogP contribution in [0.2, 0.25) is 0 Å².